The van der Waals surface area contributed by atoms with Crippen LogP contribution in [0.2, 0.25) is 0 Å². The molecule has 0 saturated carbocycles. The number of benzene rings is 1. The molecule has 3 atom stereocenters. The highest BCUT2D eigenvalue weighted by Gasteiger charge is 2.34. The number of morpholine rings is 1. The van der Waals surface area contributed by atoms with Crippen LogP contribution in [0.4, 0.5) is 5.69 Å². The fourth-order valence-electron chi connectivity index (χ4n) is 5.03. The summed E-state index contributed by atoms with van der Waals surface area (Å²) >= 11 is 0. The molecule has 1 aromatic carbocycles. The Kier molecular flexibility index (Phi) is 7.13. The van der Waals surface area contributed by atoms with E-state index in [0.717, 1.165) is 68.3 Å². The molecule has 5 rings (SSSR count). The minimum absolute atomic E-state index is 0.00470. The molecule has 35 heavy (non-hydrogen) atoms. The van der Waals surface area contributed by atoms with Gasteiger partial charge in [-0.25, -0.2) is 15.0 Å². The van der Waals surface area contributed by atoms with E-state index < -0.39 is 0 Å². The van der Waals surface area contributed by atoms with E-state index in [1.807, 2.05) is 0 Å². The van der Waals surface area contributed by atoms with Gasteiger partial charge in [-0.05, 0) is 44.2 Å². The molecule has 9 nitrogen and oxygen atoms in total. The van der Waals surface area contributed by atoms with Crippen LogP contribution in [0.1, 0.15) is 45.4 Å². The molecule has 2 aliphatic rings. The van der Waals surface area contributed by atoms with Crippen LogP contribution in [0.5, 0.6) is 11.8 Å². The van der Waals surface area contributed by atoms with Crippen molar-refractivity contribution in [2.24, 2.45) is 7.05 Å². The fourth-order valence-corrected chi connectivity index (χ4v) is 5.03. The van der Waals surface area contributed by atoms with Crippen molar-refractivity contribution in [3.05, 3.63) is 47.1 Å². The lowest BCUT2D eigenvalue weighted by Gasteiger charge is -2.34. The topological polar surface area (TPSA) is 91.6 Å². The number of hydrogen-bond acceptors (Lipinski definition) is 8. The molecular formula is C26H33N5O4. The molecule has 0 spiro atoms. The van der Waals surface area contributed by atoms with Gasteiger partial charge >= 0.3 is 6.01 Å². The second kappa shape index (κ2) is 10.6. The van der Waals surface area contributed by atoms with Crippen LogP contribution in [-0.4, -0.2) is 57.5 Å². The first-order valence-corrected chi connectivity index (χ1v) is 12.6. The van der Waals surface area contributed by atoms with Crippen molar-refractivity contribution in [2.75, 3.05) is 24.6 Å². The zero-order valence-corrected chi connectivity index (χ0v) is 20.4. The third-order valence-electron chi connectivity index (χ3n) is 6.78. The Bertz CT molecular complexity index is 1190. The number of nitrogens with zero attached hydrogens (tertiary/aromatic N) is 5. The van der Waals surface area contributed by atoms with E-state index >= 15 is 0 Å². The summed E-state index contributed by atoms with van der Waals surface area (Å²) in [6.45, 7) is 4.40. The number of fused-ring (bicyclic) bond motifs is 3. The smallest absolute Gasteiger partial charge is 0.316 e. The van der Waals surface area contributed by atoms with Gasteiger partial charge in [0.05, 0.1) is 36.6 Å². The predicted molar refractivity (Wildman–Crippen MR) is 133 cm³/mol. The van der Waals surface area contributed by atoms with Crippen LogP contribution in [0.25, 0.3) is 11.0 Å². The normalized spacial score (nSPS) is 20.2. The molecule has 2 bridgehead atoms. The summed E-state index contributed by atoms with van der Waals surface area (Å²) in [6, 6.07) is 6.29. The summed E-state index contributed by atoms with van der Waals surface area (Å²) in [5.41, 5.74) is 2.41. The minimum Gasteiger partial charge on any atom is -0.488 e. The monoisotopic (exact) mass is 479 g/mol. The van der Waals surface area contributed by atoms with Crippen molar-refractivity contribution < 1.29 is 14.2 Å². The van der Waals surface area contributed by atoms with Gasteiger partial charge in [-0.2, -0.15) is 0 Å². The lowest BCUT2D eigenvalue weighted by Crippen LogP contribution is -2.42. The Balaban J connectivity index is 1.37. The zero-order valence-electron chi connectivity index (χ0n) is 20.4. The average molecular weight is 480 g/mol. The van der Waals surface area contributed by atoms with Gasteiger partial charge in [0.1, 0.15) is 11.3 Å². The molecule has 0 aliphatic carbocycles. The lowest BCUT2D eigenvalue weighted by molar-refractivity contribution is 0.0305. The lowest BCUT2D eigenvalue weighted by atomic mass is 10.1. The van der Waals surface area contributed by atoms with E-state index in [-0.39, 0.29) is 23.9 Å². The van der Waals surface area contributed by atoms with Crippen LogP contribution >= 0.6 is 0 Å². The first-order valence-electron chi connectivity index (χ1n) is 12.6. The number of rotatable bonds is 10. The maximum absolute atomic E-state index is 12.4. The van der Waals surface area contributed by atoms with Crippen LogP contribution < -0.4 is 19.9 Å². The molecule has 1 unspecified atom stereocenters. The number of anilines is 1. The second-order valence-electron chi connectivity index (χ2n) is 9.38. The quantitative estimate of drug-likeness (QED) is 0.408. The summed E-state index contributed by atoms with van der Waals surface area (Å²) in [5, 5.41) is 0. The zero-order chi connectivity index (χ0) is 24.2. The first-order chi connectivity index (χ1) is 17.1. The van der Waals surface area contributed by atoms with Crippen LogP contribution in [-0.2, 0) is 11.8 Å². The number of aromatic nitrogens is 4. The highest BCUT2D eigenvalue weighted by Crippen LogP contribution is 2.35. The number of ether oxygens (including phenoxy) is 3. The highest BCUT2D eigenvalue weighted by atomic mass is 16.5. The SMILES string of the molecule is CCC[C@H](CCCOc1ncccn1)Oc1cc(N2CC3CC[C@H](C2)O3)cc2ncc(=O)n(C)c12. The van der Waals surface area contributed by atoms with Crippen LogP contribution in [0, 0.1) is 0 Å². The van der Waals surface area contributed by atoms with Crippen molar-refractivity contribution in [2.45, 2.75) is 63.8 Å². The largest absolute Gasteiger partial charge is 0.488 e. The van der Waals surface area contributed by atoms with Crippen LogP contribution in [0.3, 0.4) is 0 Å². The molecule has 186 valence electrons. The van der Waals surface area contributed by atoms with E-state index in [0.29, 0.717) is 18.4 Å². The molecule has 2 fully saturated rings. The molecule has 2 aromatic heterocycles. The third-order valence-corrected chi connectivity index (χ3v) is 6.78. The number of hydrogen-bond donors (Lipinski definition) is 0. The molecular weight excluding hydrogens is 446 g/mol. The van der Waals surface area contributed by atoms with E-state index in [1.54, 1.807) is 30.1 Å². The Hall–Kier alpha value is -3.20. The molecule has 0 amide bonds. The van der Waals surface area contributed by atoms with Gasteiger partial charge < -0.3 is 23.7 Å². The third kappa shape index (κ3) is 5.40. The summed E-state index contributed by atoms with van der Waals surface area (Å²) in [7, 11) is 1.77. The summed E-state index contributed by atoms with van der Waals surface area (Å²) < 4.78 is 19.9. The molecule has 2 aliphatic heterocycles. The van der Waals surface area contributed by atoms with Crippen molar-refractivity contribution >= 4 is 16.7 Å². The standard InChI is InChI=1S/C26H33N5O4/c1-3-6-19(7-4-12-33-26-27-10-5-11-28-26)35-23-14-18(31-16-20-8-9-21(17-31)34-20)13-22-25(23)30(2)24(32)15-29-22/h5,10-11,13-15,19-21H,3-4,6-9,12,16-17H2,1-2H3/t19-,20-,21?/m1/s1. The van der Waals surface area contributed by atoms with Crippen molar-refractivity contribution in [1.82, 2.24) is 19.5 Å². The Morgan fingerprint density at radius 3 is 2.63 bits per heavy atom. The summed E-state index contributed by atoms with van der Waals surface area (Å²) in [4.78, 5) is 27.5. The van der Waals surface area contributed by atoms with Gasteiger partial charge in [0, 0.05) is 44.3 Å². The molecule has 0 radical (unpaired) electrons. The van der Waals surface area contributed by atoms with Crippen LogP contribution in [0.15, 0.2) is 41.6 Å². The fraction of sp³-hybridized carbons (Fsp3) is 0.538. The van der Waals surface area contributed by atoms with Gasteiger partial charge in [-0.3, -0.25) is 4.79 Å². The van der Waals surface area contributed by atoms with E-state index in [2.05, 4.69) is 38.9 Å². The molecule has 4 heterocycles. The van der Waals surface area contributed by atoms with Gasteiger partial charge in [0.2, 0.25) is 0 Å². The number of aryl methyl sites for hydroxylation is 1. The molecule has 9 heteroatoms. The Labute approximate surface area is 205 Å². The van der Waals surface area contributed by atoms with E-state index in [4.69, 9.17) is 14.2 Å². The van der Waals surface area contributed by atoms with Gasteiger partial charge in [-0.15, -0.1) is 0 Å². The molecule has 0 N–H and O–H groups in total. The van der Waals surface area contributed by atoms with E-state index in [1.165, 1.54) is 6.20 Å². The first kappa shape index (κ1) is 23.5. The van der Waals surface area contributed by atoms with Gasteiger partial charge in [0.25, 0.3) is 5.56 Å². The van der Waals surface area contributed by atoms with Gasteiger partial charge in [0.15, 0.2) is 0 Å². The Morgan fingerprint density at radius 2 is 1.89 bits per heavy atom. The predicted octanol–water partition coefficient (Wildman–Crippen LogP) is 3.50. The maximum Gasteiger partial charge on any atom is 0.316 e. The van der Waals surface area contributed by atoms with Crippen molar-refractivity contribution in [3.63, 3.8) is 0 Å². The van der Waals surface area contributed by atoms with Crippen molar-refractivity contribution in [3.8, 4) is 11.8 Å². The summed E-state index contributed by atoms with van der Waals surface area (Å²) in [5.74, 6) is 0.704. The van der Waals surface area contributed by atoms with Gasteiger partial charge in [-0.1, -0.05) is 13.3 Å². The Morgan fingerprint density at radius 1 is 1.11 bits per heavy atom. The second-order valence-corrected chi connectivity index (χ2v) is 9.38. The van der Waals surface area contributed by atoms with Crippen molar-refractivity contribution in [1.29, 1.82) is 0 Å². The average Bonchev–Trinajstić information content (AvgIpc) is 3.21. The molecule has 2 saturated heterocycles. The summed E-state index contributed by atoms with van der Waals surface area (Å²) in [6.07, 6.45) is 11.0. The maximum atomic E-state index is 12.4. The molecule has 3 aromatic rings. The minimum atomic E-state index is -0.150. The van der Waals surface area contributed by atoms with E-state index in [9.17, 15) is 4.79 Å². The highest BCUT2D eigenvalue weighted by molar-refractivity contribution is 5.86.